The van der Waals surface area contributed by atoms with Crippen LogP contribution in [0.3, 0.4) is 0 Å². The highest BCUT2D eigenvalue weighted by molar-refractivity contribution is 5.43. The van der Waals surface area contributed by atoms with Crippen LogP contribution in [-0.2, 0) is 13.0 Å². The fourth-order valence-corrected chi connectivity index (χ4v) is 3.11. The van der Waals surface area contributed by atoms with Crippen molar-refractivity contribution in [3.8, 4) is 11.5 Å². The maximum absolute atomic E-state index is 5.76. The van der Waals surface area contributed by atoms with Crippen molar-refractivity contribution in [2.45, 2.75) is 51.8 Å². The second-order valence-electron chi connectivity index (χ2n) is 6.28. The smallest absolute Gasteiger partial charge is 0.161 e. The molecule has 4 heteroatoms. The van der Waals surface area contributed by atoms with Gasteiger partial charge in [-0.25, -0.2) is 0 Å². The summed E-state index contributed by atoms with van der Waals surface area (Å²) in [5, 5.41) is 3.64. The molecule has 0 aliphatic heterocycles. The lowest BCUT2D eigenvalue weighted by Crippen LogP contribution is -2.24. The van der Waals surface area contributed by atoms with Crippen molar-refractivity contribution < 1.29 is 13.9 Å². The zero-order chi connectivity index (χ0) is 16.2. The van der Waals surface area contributed by atoms with Crippen molar-refractivity contribution in [3.63, 3.8) is 0 Å². The van der Waals surface area contributed by atoms with Crippen molar-refractivity contribution >= 4 is 0 Å². The van der Waals surface area contributed by atoms with Gasteiger partial charge in [0.1, 0.15) is 5.76 Å². The summed E-state index contributed by atoms with van der Waals surface area (Å²) in [5.74, 6) is 2.71. The largest absolute Gasteiger partial charge is 0.493 e. The number of fused-ring (bicyclic) bond motifs is 1. The number of nitrogens with one attached hydrogen (secondary N) is 1. The monoisotopic (exact) mass is 315 g/mol. The van der Waals surface area contributed by atoms with Crippen LogP contribution in [0.5, 0.6) is 11.5 Å². The van der Waals surface area contributed by atoms with Gasteiger partial charge in [-0.3, -0.25) is 0 Å². The van der Waals surface area contributed by atoms with Crippen molar-refractivity contribution in [2.75, 3.05) is 7.11 Å². The normalized spacial score (nSPS) is 17.1. The van der Waals surface area contributed by atoms with E-state index in [1.54, 1.807) is 13.4 Å². The Balaban J connectivity index is 1.67. The molecular weight excluding hydrogens is 290 g/mol. The van der Waals surface area contributed by atoms with E-state index in [1.165, 1.54) is 17.5 Å². The summed E-state index contributed by atoms with van der Waals surface area (Å²) in [4.78, 5) is 0. The van der Waals surface area contributed by atoms with Gasteiger partial charge in [-0.1, -0.05) is 6.07 Å². The van der Waals surface area contributed by atoms with Crippen LogP contribution < -0.4 is 14.8 Å². The fourth-order valence-electron chi connectivity index (χ4n) is 3.11. The minimum absolute atomic E-state index is 0.134. The van der Waals surface area contributed by atoms with Crippen molar-refractivity contribution in [1.29, 1.82) is 0 Å². The summed E-state index contributed by atoms with van der Waals surface area (Å²) in [5.41, 5.74) is 2.50. The number of hydrogen-bond donors (Lipinski definition) is 1. The average molecular weight is 315 g/mol. The second kappa shape index (κ2) is 7.09. The lowest BCUT2D eigenvalue weighted by molar-refractivity contribution is 0.230. The highest BCUT2D eigenvalue weighted by Crippen LogP contribution is 2.32. The molecule has 0 spiro atoms. The highest BCUT2D eigenvalue weighted by Gasteiger charge is 2.22. The summed E-state index contributed by atoms with van der Waals surface area (Å²) >= 11 is 0. The minimum Gasteiger partial charge on any atom is -0.493 e. The first-order valence-electron chi connectivity index (χ1n) is 8.30. The molecular formula is C19H25NO3. The summed E-state index contributed by atoms with van der Waals surface area (Å²) < 4.78 is 16.8. The molecule has 1 atom stereocenters. The molecule has 1 heterocycles. The van der Waals surface area contributed by atoms with E-state index in [-0.39, 0.29) is 6.10 Å². The third-order valence-corrected chi connectivity index (χ3v) is 4.20. The van der Waals surface area contributed by atoms with E-state index in [0.717, 1.165) is 36.6 Å². The van der Waals surface area contributed by atoms with Gasteiger partial charge in [0.2, 0.25) is 0 Å². The summed E-state index contributed by atoms with van der Waals surface area (Å²) in [6, 6.07) is 8.58. The summed E-state index contributed by atoms with van der Waals surface area (Å²) in [7, 11) is 1.68. The SMILES string of the molecule is COc1cc(CNC2CCCc3occc32)ccc1OC(C)C. The van der Waals surface area contributed by atoms with Crippen LogP contribution in [0.1, 0.15) is 49.6 Å². The van der Waals surface area contributed by atoms with Gasteiger partial charge in [0.25, 0.3) is 0 Å². The molecule has 0 saturated carbocycles. The first-order chi connectivity index (χ1) is 11.2. The molecule has 1 aliphatic rings. The molecule has 1 aliphatic carbocycles. The van der Waals surface area contributed by atoms with Crippen LogP contribution in [0, 0.1) is 0 Å². The molecule has 4 nitrogen and oxygen atoms in total. The number of hydrogen-bond acceptors (Lipinski definition) is 4. The summed E-state index contributed by atoms with van der Waals surface area (Å²) in [6.07, 6.45) is 5.30. The van der Waals surface area contributed by atoms with Crippen LogP contribution in [0.15, 0.2) is 34.9 Å². The Morgan fingerprint density at radius 2 is 2.13 bits per heavy atom. The van der Waals surface area contributed by atoms with E-state index < -0.39 is 0 Å². The predicted molar refractivity (Wildman–Crippen MR) is 90.0 cm³/mol. The van der Waals surface area contributed by atoms with Gasteiger partial charge in [-0.05, 0) is 50.5 Å². The lowest BCUT2D eigenvalue weighted by atomic mass is 9.93. The van der Waals surface area contributed by atoms with Gasteiger partial charge >= 0.3 is 0 Å². The van der Waals surface area contributed by atoms with Gasteiger partial charge < -0.3 is 19.2 Å². The van der Waals surface area contributed by atoms with Crippen molar-refractivity contribution in [2.24, 2.45) is 0 Å². The minimum atomic E-state index is 0.134. The van der Waals surface area contributed by atoms with Gasteiger partial charge in [-0.2, -0.15) is 0 Å². The van der Waals surface area contributed by atoms with E-state index in [2.05, 4.69) is 17.4 Å². The topological polar surface area (TPSA) is 43.6 Å². The number of furan rings is 1. The molecule has 0 bridgehead atoms. The first-order valence-corrected chi connectivity index (χ1v) is 8.30. The van der Waals surface area contributed by atoms with Gasteiger partial charge in [0, 0.05) is 24.6 Å². The first kappa shape index (κ1) is 15.9. The average Bonchev–Trinajstić information content (AvgIpc) is 3.02. The Labute approximate surface area is 137 Å². The molecule has 2 aromatic rings. The van der Waals surface area contributed by atoms with E-state index in [0.29, 0.717) is 6.04 Å². The molecule has 1 unspecified atom stereocenters. The van der Waals surface area contributed by atoms with Crippen LogP contribution in [-0.4, -0.2) is 13.2 Å². The molecule has 0 fully saturated rings. The molecule has 3 rings (SSSR count). The quantitative estimate of drug-likeness (QED) is 0.866. The second-order valence-corrected chi connectivity index (χ2v) is 6.28. The van der Waals surface area contributed by atoms with E-state index in [1.807, 2.05) is 26.0 Å². The summed E-state index contributed by atoms with van der Waals surface area (Å²) in [6.45, 7) is 4.83. The Hall–Kier alpha value is -1.94. The van der Waals surface area contributed by atoms with Crippen LogP contribution in [0.4, 0.5) is 0 Å². The zero-order valence-corrected chi connectivity index (χ0v) is 14.1. The number of aryl methyl sites for hydroxylation is 1. The lowest BCUT2D eigenvalue weighted by Gasteiger charge is -2.23. The molecule has 0 amide bonds. The Morgan fingerprint density at radius 1 is 1.26 bits per heavy atom. The van der Waals surface area contributed by atoms with Crippen LogP contribution in [0.25, 0.3) is 0 Å². The number of rotatable bonds is 6. The molecule has 0 saturated heterocycles. The van der Waals surface area contributed by atoms with Crippen LogP contribution >= 0.6 is 0 Å². The van der Waals surface area contributed by atoms with E-state index in [9.17, 15) is 0 Å². The van der Waals surface area contributed by atoms with Gasteiger partial charge in [0.15, 0.2) is 11.5 Å². The zero-order valence-electron chi connectivity index (χ0n) is 14.1. The third-order valence-electron chi connectivity index (χ3n) is 4.20. The van der Waals surface area contributed by atoms with Crippen LogP contribution in [0.2, 0.25) is 0 Å². The van der Waals surface area contributed by atoms with Crippen molar-refractivity contribution in [3.05, 3.63) is 47.4 Å². The van der Waals surface area contributed by atoms with E-state index >= 15 is 0 Å². The standard InChI is InChI=1S/C19H25NO3/c1-13(2)23-18-8-7-14(11-19(18)21-3)12-20-16-5-4-6-17-15(16)9-10-22-17/h7-11,13,16,20H,4-6,12H2,1-3H3. The molecule has 124 valence electrons. The van der Waals surface area contributed by atoms with E-state index in [4.69, 9.17) is 13.9 Å². The maximum Gasteiger partial charge on any atom is 0.161 e. The predicted octanol–water partition coefficient (Wildman–Crippen LogP) is 4.24. The number of benzene rings is 1. The van der Waals surface area contributed by atoms with Crippen molar-refractivity contribution in [1.82, 2.24) is 5.32 Å². The maximum atomic E-state index is 5.76. The molecule has 23 heavy (non-hydrogen) atoms. The Morgan fingerprint density at radius 3 is 2.91 bits per heavy atom. The fraction of sp³-hybridized carbons (Fsp3) is 0.474. The van der Waals surface area contributed by atoms with Gasteiger partial charge in [0.05, 0.1) is 19.5 Å². The molecule has 1 aromatic carbocycles. The Kier molecular flexibility index (Phi) is 4.91. The number of methoxy groups -OCH3 is 1. The highest BCUT2D eigenvalue weighted by atomic mass is 16.5. The molecule has 1 N–H and O–H groups in total. The number of ether oxygens (including phenoxy) is 2. The third kappa shape index (κ3) is 3.70. The van der Waals surface area contributed by atoms with Gasteiger partial charge in [-0.15, -0.1) is 0 Å². The molecule has 1 aromatic heterocycles. The Bertz CT molecular complexity index is 648. The molecule has 0 radical (unpaired) electrons.